The fraction of sp³-hybridized carbons (Fsp3) is 0.848. The largest absolute Gasteiger partial charge is 0.472 e. The van der Waals surface area contributed by atoms with Crippen molar-refractivity contribution in [3.63, 3.8) is 0 Å². The minimum Gasteiger partial charge on any atom is -0.462 e. The second-order valence-electron chi connectivity index (χ2n) is 23.1. The number of rotatable bonds is 60. The van der Waals surface area contributed by atoms with Crippen molar-refractivity contribution in [3.8, 4) is 0 Å². The highest BCUT2D eigenvalue weighted by atomic mass is 31.2. The molecule has 446 valence electrons. The zero-order valence-electron chi connectivity index (χ0n) is 50.8. The Bertz CT molecular complexity index is 1420. The van der Waals surface area contributed by atoms with Crippen molar-refractivity contribution in [2.75, 3.05) is 47.5 Å². The Balaban J connectivity index is 4.01. The number of quaternary nitrogens is 1. The molecule has 0 aliphatic carbocycles. The molecule has 0 saturated heterocycles. The maximum absolute atomic E-state index is 12.8. The van der Waals surface area contributed by atoms with Gasteiger partial charge in [-0.3, -0.25) is 18.6 Å². The van der Waals surface area contributed by atoms with E-state index in [0.717, 1.165) is 44.9 Å². The molecule has 2 atom stereocenters. The minimum absolute atomic E-state index is 0.0320. The SMILES string of the molecule is CCCCC/C=C\C/C=C\CCCCCCCCCCCC(=O)OCC(COP(=O)(O)OCC[N+](C)(C)C)OC(=O)CCCCCCCCCCCCCCCCCCCCCCC/C=C\C/C=C\CCCCCCC. The molecule has 10 heteroatoms. The molecule has 0 aliphatic heterocycles. The fourth-order valence-corrected chi connectivity index (χ4v) is 10.1. The van der Waals surface area contributed by atoms with Crippen molar-refractivity contribution in [2.24, 2.45) is 0 Å². The van der Waals surface area contributed by atoms with Gasteiger partial charge in [-0.15, -0.1) is 0 Å². The van der Waals surface area contributed by atoms with E-state index < -0.39 is 26.5 Å². The molecule has 0 saturated carbocycles. The Kier molecular flexibility index (Phi) is 56.1. The number of phosphoric ester groups is 1. The van der Waals surface area contributed by atoms with Gasteiger partial charge in [-0.1, -0.05) is 268 Å². The van der Waals surface area contributed by atoms with Gasteiger partial charge in [0.25, 0.3) is 0 Å². The summed E-state index contributed by atoms with van der Waals surface area (Å²) in [5, 5.41) is 0. The zero-order valence-corrected chi connectivity index (χ0v) is 51.6. The van der Waals surface area contributed by atoms with Crippen LogP contribution in [0.1, 0.15) is 309 Å². The van der Waals surface area contributed by atoms with Crippen LogP contribution in [-0.2, 0) is 32.7 Å². The molecule has 0 aromatic carbocycles. The molecule has 0 fully saturated rings. The van der Waals surface area contributed by atoms with Gasteiger partial charge in [-0.05, 0) is 77.0 Å². The summed E-state index contributed by atoms with van der Waals surface area (Å²) >= 11 is 0. The van der Waals surface area contributed by atoms with Crippen molar-refractivity contribution in [1.29, 1.82) is 0 Å². The number of unbranched alkanes of at least 4 members (excludes halogenated alkanes) is 38. The molecule has 0 radical (unpaired) electrons. The lowest BCUT2D eigenvalue weighted by Crippen LogP contribution is -2.37. The van der Waals surface area contributed by atoms with Gasteiger partial charge in [-0.25, -0.2) is 4.57 Å². The molecule has 0 aliphatic rings. The summed E-state index contributed by atoms with van der Waals surface area (Å²) in [5.74, 6) is -0.789. The van der Waals surface area contributed by atoms with E-state index in [4.69, 9.17) is 18.5 Å². The van der Waals surface area contributed by atoms with Crippen LogP contribution >= 0.6 is 7.82 Å². The lowest BCUT2D eigenvalue weighted by molar-refractivity contribution is -0.870. The van der Waals surface area contributed by atoms with E-state index in [-0.39, 0.29) is 32.0 Å². The quantitative estimate of drug-likeness (QED) is 0.0211. The van der Waals surface area contributed by atoms with E-state index in [2.05, 4.69) is 62.5 Å². The smallest absolute Gasteiger partial charge is 0.462 e. The predicted octanol–water partition coefficient (Wildman–Crippen LogP) is 20.5. The highest BCUT2D eigenvalue weighted by Crippen LogP contribution is 2.43. The lowest BCUT2D eigenvalue weighted by Gasteiger charge is -2.24. The number of hydrogen-bond donors (Lipinski definition) is 1. The molecule has 0 amide bonds. The fourth-order valence-electron chi connectivity index (χ4n) is 9.31. The average Bonchev–Trinajstić information content (AvgIpc) is 3.38. The van der Waals surface area contributed by atoms with Crippen LogP contribution in [0.3, 0.4) is 0 Å². The van der Waals surface area contributed by atoms with Gasteiger partial charge in [0.15, 0.2) is 6.10 Å². The first-order chi connectivity index (χ1) is 37.0. The standard InChI is InChI=1S/C66H124NO8P/c1-6-8-10-12-14-16-18-20-22-24-26-27-28-29-30-31-32-33-34-35-36-37-38-39-41-43-45-47-49-51-53-55-57-59-66(69)75-64(63-74-76(70,71)73-61-60-67(3,4)5)62-72-65(68)58-56-54-52-50-48-46-44-42-40-25-23-21-19-17-15-13-11-9-7-2/h15,17-18,20-21,23-24,26,64H,6-14,16,19,22,25,27-63H2,1-5H3/p+1/b17-15-,20-18-,23-21-,26-24-. The molecule has 0 heterocycles. The molecule has 1 N–H and O–H groups in total. The van der Waals surface area contributed by atoms with E-state index in [1.165, 1.54) is 231 Å². The van der Waals surface area contributed by atoms with Crippen LogP contribution in [0.25, 0.3) is 0 Å². The highest BCUT2D eigenvalue weighted by Gasteiger charge is 2.27. The van der Waals surface area contributed by atoms with Gasteiger partial charge < -0.3 is 18.9 Å². The molecule has 0 rings (SSSR count). The van der Waals surface area contributed by atoms with E-state index in [9.17, 15) is 19.0 Å². The maximum atomic E-state index is 12.8. The number of carbonyl (C=O) groups excluding carboxylic acids is 2. The molecule has 76 heavy (non-hydrogen) atoms. The number of nitrogens with zero attached hydrogens (tertiary/aromatic N) is 1. The number of allylic oxidation sites excluding steroid dienone is 8. The van der Waals surface area contributed by atoms with Crippen LogP contribution < -0.4 is 0 Å². The van der Waals surface area contributed by atoms with Gasteiger partial charge in [0.1, 0.15) is 19.8 Å². The topological polar surface area (TPSA) is 108 Å². The molecule has 9 nitrogen and oxygen atoms in total. The van der Waals surface area contributed by atoms with Gasteiger partial charge in [0.05, 0.1) is 27.7 Å². The minimum atomic E-state index is -4.39. The first-order valence-corrected chi connectivity index (χ1v) is 33.9. The number of carbonyl (C=O) groups is 2. The summed E-state index contributed by atoms with van der Waals surface area (Å²) in [6.07, 6.45) is 73.4. The molecular weight excluding hydrogens is 966 g/mol. The van der Waals surface area contributed by atoms with E-state index in [1.54, 1.807) is 0 Å². The van der Waals surface area contributed by atoms with E-state index in [0.29, 0.717) is 17.4 Å². The third-order valence-corrected chi connectivity index (χ3v) is 15.3. The summed E-state index contributed by atoms with van der Waals surface area (Å²) in [6.45, 7) is 4.44. The highest BCUT2D eigenvalue weighted by molar-refractivity contribution is 7.47. The van der Waals surface area contributed by atoms with Crippen LogP contribution in [0.2, 0.25) is 0 Å². The average molecular weight is 1090 g/mol. The Morgan fingerprint density at radius 3 is 1.07 bits per heavy atom. The van der Waals surface area contributed by atoms with Crippen molar-refractivity contribution in [2.45, 2.75) is 315 Å². The van der Waals surface area contributed by atoms with Gasteiger partial charge in [0.2, 0.25) is 0 Å². The van der Waals surface area contributed by atoms with E-state index in [1.807, 2.05) is 21.1 Å². The summed E-state index contributed by atoms with van der Waals surface area (Å²) < 4.78 is 34.6. The van der Waals surface area contributed by atoms with Crippen LogP contribution in [0, 0.1) is 0 Å². The maximum Gasteiger partial charge on any atom is 0.472 e. The monoisotopic (exact) mass is 1090 g/mol. The molecule has 0 aromatic heterocycles. The van der Waals surface area contributed by atoms with Crippen molar-refractivity contribution in [1.82, 2.24) is 0 Å². The van der Waals surface area contributed by atoms with Crippen molar-refractivity contribution in [3.05, 3.63) is 48.6 Å². The van der Waals surface area contributed by atoms with Crippen molar-refractivity contribution >= 4 is 19.8 Å². The predicted molar refractivity (Wildman–Crippen MR) is 326 cm³/mol. The van der Waals surface area contributed by atoms with Gasteiger partial charge in [0, 0.05) is 12.8 Å². The molecule has 0 bridgehead atoms. The molecule has 2 unspecified atom stereocenters. The molecular formula is C66H125NO8P+. The van der Waals surface area contributed by atoms with Crippen LogP contribution in [0.4, 0.5) is 0 Å². The number of ether oxygens (including phenoxy) is 2. The Morgan fingerprint density at radius 2 is 0.711 bits per heavy atom. The zero-order chi connectivity index (χ0) is 55.6. The molecule has 0 aromatic rings. The van der Waals surface area contributed by atoms with Crippen molar-refractivity contribution < 1.29 is 42.1 Å². The third kappa shape index (κ3) is 61.2. The molecule has 0 spiro atoms. The first-order valence-electron chi connectivity index (χ1n) is 32.4. The van der Waals surface area contributed by atoms with Gasteiger partial charge >= 0.3 is 19.8 Å². The normalized spacial score (nSPS) is 13.5. The summed E-state index contributed by atoms with van der Waals surface area (Å²) in [7, 11) is 1.49. The second-order valence-corrected chi connectivity index (χ2v) is 24.6. The Morgan fingerprint density at radius 1 is 0.408 bits per heavy atom. The number of likely N-dealkylation sites (N-methyl/N-ethyl adjacent to an activating group) is 1. The number of esters is 2. The summed E-state index contributed by atoms with van der Waals surface area (Å²) in [6, 6.07) is 0. The lowest BCUT2D eigenvalue weighted by atomic mass is 10.0. The van der Waals surface area contributed by atoms with Crippen LogP contribution in [-0.4, -0.2) is 74.9 Å². The third-order valence-electron chi connectivity index (χ3n) is 14.3. The Hall–Kier alpha value is -2.03. The van der Waals surface area contributed by atoms with Crippen LogP contribution in [0.15, 0.2) is 48.6 Å². The van der Waals surface area contributed by atoms with E-state index >= 15 is 0 Å². The van der Waals surface area contributed by atoms with Gasteiger partial charge in [-0.2, -0.15) is 0 Å². The first kappa shape index (κ1) is 74.0. The Labute approximate surface area is 471 Å². The van der Waals surface area contributed by atoms with Crippen LogP contribution in [0.5, 0.6) is 0 Å². The summed E-state index contributed by atoms with van der Waals surface area (Å²) in [4.78, 5) is 35.8. The second kappa shape index (κ2) is 57.6. The summed E-state index contributed by atoms with van der Waals surface area (Å²) in [5.41, 5.74) is 0. The number of hydrogen-bond acceptors (Lipinski definition) is 7. The number of phosphoric acid groups is 1.